The quantitative estimate of drug-likeness (QED) is 0.541. The van der Waals surface area contributed by atoms with Gasteiger partial charge in [-0.1, -0.05) is 19.1 Å². The van der Waals surface area contributed by atoms with Crippen LogP contribution in [-0.4, -0.2) is 23.8 Å². The minimum absolute atomic E-state index is 0.140. The van der Waals surface area contributed by atoms with Crippen molar-refractivity contribution in [1.29, 1.82) is 0 Å². The van der Waals surface area contributed by atoms with Crippen molar-refractivity contribution in [3.05, 3.63) is 59.5 Å². The number of hydrogen-bond acceptors (Lipinski definition) is 5. The molecule has 2 aromatic carbocycles. The van der Waals surface area contributed by atoms with E-state index < -0.39 is 0 Å². The van der Waals surface area contributed by atoms with E-state index >= 15 is 0 Å². The minimum Gasteiger partial charge on any atom is -0.494 e. The molecule has 0 saturated carbocycles. The van der Waals surface area contributed by atoms with Crippen LogP contribution in [-0.2, 0) is 0 Å². The summed E-state index contributed by atoms with van der Waals surface area (Å²) < 4.78 is 5.60. The second-order valence-electron chi connectivity index (χ2n) is 5.57. The molecule has 0 fully saturated rings. The number of rotatable bonds is 7. The van der Waals surface area contributed by atoms with Crippen molar-refractivity contribution < 1.29 is 9.53 Å². The normalized spacial score (nSPS) is 10.5. The van der Waals surface area contributed by atoms with Gasteiger partial charge in [-0.05, 0) is 49.1 Å². The number of carbonyl (C=O) groups excluding carboxylic acids is 1. The number of aromatic nitrogens is 1. The van der Waals surface area contributed by atoms with Gasteiger partial charge in [0.15, 0.2) is 5.13 Å². The third kappa shape index (κ3) is 4.45. The molecule has 0 bridgehead atoms. The first-order valence-electron chi connectivity index (χ1n) is 8.34. The van der Waals surface area contributed by atoms with Crippen LogP contribution >= 0.6 is 23.1 Å². The Balaban J connectivity index is 1.70. The van der Waals surface area contributed by atoms with Gasteiger partial charge in [0.2, 0.25) is 0 Å². The predicted molar refractivity (Wildman–Crippen MR) is 110 cm³/mol. The molecule has 1 aromatic heterocycles. The fourth-order valence-corrected chi connectivity index (χ4v) is 3.71. The fourth-order valence-electron chi connectivity index (χ4n) is 2.40. The number of nitrogens with zero attached hydrogens (tertiary/aromatic N) is 1. The van der Waals surface area contributed by atoms with Crippen molar-refractivity contribution >= 4 is 34.1 Å². The summed E-state index contributed by atoms with van der Waals surface area (Å²) in [5.74, 6) is 0.715. The lowest BCUT2D eigenvalue weighted by molar-refractivity contribution is 0.102. The number of ether oxygens (including phenoxy) is 1. The molecule has 4 nitrogen and oxygen atoms in total. The standard InChI is InChI=1S/C20H20N2O2S2/c1-3-12-24-15-10-8-14(9-11-15)17-13-26-20(21-17)22-19(23)16-6-4-5-7-18(16)25-2/h4-11,13H,3,12H2,1-2H3,(H,21,22,23). The molecular formula is C20H20N2O2S2. The average Bonchev–Trinajstić information content (AvgIpc) is 3.15. The van der Waals surface area contributed by atoms with Crippen LogP contribution in [0.2, 0.25) is 0 Å². The Labute approximate surface area is 161 Å². The summed E-state index contributed by atoms with van der Waals surface area (Å²) in [6, 6.07) is 15.4. The molecule has 1 N–H and O–H groups in total. The second kappa shape index (κ2) is 8.87. The molecule has 0 unspecified atom stereocenters. The van der Waals surface area contributed by atoms with E-state index in [1.807, 2.05) is 60.2 Å². The van der Waals surface area contributed by atoms with E-state index in [1.54, 1.807) is 11.8 Å². The van der Waals surface area contributed by atoms with Crippen LogP contribution in [0.5, 0.6) is 5.75 Å². The Morgan fingerprint density at radius 1 is 1.19 bits per heavy atom. The molecule has 3 aromatic rings. The topological polar surface area (TPSA) is 51.2 Å². The van der Waals surface area contributed by atoms with Gasteiger partial charge in [-0.3, -0.25) is 10.1 Å². The molecule has 1 amide bonds. The van der Waals surface area contributed by atoms with Crippen LogP contribution < -0.4 is 10.1 Å². The predicted octanol–water partition coefficient (Wildman–Crippen LogP) is 5.57. The highest BCUT2D eigenvalue weighted by atomic mass is 32.2. The molecule has 0 aliphatic carbocycles. The van der Waals surface area contributed by atoms with E-state index in [0.29, 0.717) is 17.3 Å². The Kier molecular flexibility index (Phi) is 6.30. The molecule has 1 heterocycles. The maximum Gasteiger partial charge on any atom is 0.258 e. The zero-order valence-electron chi connectivity index (χ0n) is 14.7. The molecule has 0 aliphatic heterocycles. The highest BCUT2D eigenvalue weighted by molar-refractivity contribution is 7.98. The van der Waals surface area contributed by atoms with Crippen LogP contribution in [0.1, 0.15) is 23.7 Å². The van der Waals surface area contributed by atoms with Crippen LogP contribution in [0.15, 0.2) is 58.8 Å². The van der Waals surface area contributed by atoms with E-state index in [0.717, 1.165) is 28.3 Å². The van der Waals surface area contributed by atoms with Gasteiger partial charge in [-0.2, -0.15) is 0 Å². The van der Waals surface area contributed by atoms with Crippen LogP contribution in [0.3, 0.4) is 0 Å². The third-order valence-corrected chi connectivity index (χ3v) is 5.25. The van der Waals surface area contributed by atoms with E-state index in [1.165, 1.54) is 11.3 Å². The summed E-state index contributed by atoms with van der Waals surface area (Å²) >= 11 is 2.97. The van der Waals surface area contributed by atoms with Crippen molar-refractivity contribution in [2.75, 3.05) is 18.2 Å². The van der Waals surface area contributed by atoms with Crippen molar-refractivity contribution in [2.24, 2.45) is 0 Å². The van der Waals surface area contributed by atoms with E-state index in [-0.39, 0.29) is 5.91 Å². The molecule has 0 atom stereocenters. The van der Waals surface area contributed by atoms with Gasteiger partial charge in [-0.25, -0.2) is 4.98 Å². The molecular weight excluding hydrogens is 364 g/mol. The molecule has 3 rings (SSSR count). The summed E-state index contributed by atoms with van der Waals surface area (Å²) in [6.45, 7) is 2.79. The van der Waals surface area contributed by atoms with Gasteiger partial charge in [0.1, 0.15) is 5.75 Å². The first kappa shape index (κ1) is 18.5. The number of benzene rings is 2. The van der Waals surface area contributed by atoms with Gasteiger partial charge in [-0.15, -0.1) is 23.1 Å². The Bertz CT molecular complexity index is 876. The van der Waals surface area contributed by atoms with Crippen LogP contribution in [0, 0.1) is 0 Å². The molecule has 0 saturated heterocycles. The number of anilines is 1. The SMILES string of the molecule is CCCOc1ccc(-c2csc(NC(=O)c3ccccc3SC)n2)cc1. The summed E-state index contributed by atoms with van der Waals surface area (Å²) in [6.07, 6.45) is 2.94. The van der Waals surface area contributed by atoms with Gasteiger partial charge in [0.05, 0.1) is 17.9 Å². The number of thioether (sulfide) groups is 1. The summed E-state index contributed by atoms with van der Waals surface area (Å²) in [5, 5.41) is 5.43. The zero-order chi connectivity index (χ0) is 18.4. The van der Waals surface area contributed by atoms with Crippen LogP contribution in [0.4, 0.5) is 5.13 Å². The molecule has 26 heavy (non-hydrogen) atoms. The third-order valence-electron chi connectivity index (χ3n) is 3.70. The first-order valence-corrected chi connectivity index (χ1v) is 10.4. The summed E-state index contributed by atoms with van der Waals surface area (Å²) in [7, 11) is 0. The lowest BCUT2D eigenvalue weighted by Gasteiger charge is -2.06. The number of hydrogen-bond donors (Lipinski definition) is 1. The van der Waals surface area contributed by atoms with Crippen molar-refractivity contribution in [3.63, 3.8) is 0 Å². The van der Waals surface area contributed by atoms with E-state index in [9.17, 15) is 4.79 Å². The smallest absolute Gasteiger partial charge is 0.258 e. The number of carbonyl (C=O) groups is 1. The highest BCUT2D eigenvalue weighted by Gasteiger charge is 2.13. The largest absolute Gasteiger partial charge is 0.494 e. The minimum atomic E-state index is -0.140. The molecule has 0 spiro atoms. The van der Waals surface area contributed by atoms with Crippen LogP contribution in [0.25, 0.3) is 11.3 Å². The molecule has 134 valence electrons. The fraction of sp³-hybridized carbons (Fsp3) is 0.200. The van der Waals surface area contributed by atoms with Gasteiger partial charge < -0.3 is 4.74 Å². The average molecular weight is 385 g/mol. The zero-order valence-corrected chi connectivity index (χ0v) is 16.3. The van der Waals surface area contributed by atoms with E-state index in [4.69, 9.17) is 4.74 Å². The maximum absolute atomic E-state index is 12.5. The highest BCUT2D eigenvalue weighted by Crippen LogP contribution is 2.27. The van der Waals surface area contributed by atoms with Gasteiger partial charge >= 0.3 is 0 Å². The lowest BCUT2D eigenvalue weighted by atomic mass is 10.2. The number of nitrogens with one attached hydrogen (secondary N) is 1. The first-order chi connectivity index (χ1) is 12.7. The summed E-state index contributed by atoms with van der Waals surface area (Å²) in [5.41, 5.74) is 2.50. The maximum atomic E-state index is 12.5. The van der Waals surface area contributed by atoms with Gasteiger partial charge in [0, 0.05) is 15.8 Å². The van der Waals surface area contributed by atoms with Crippen molar-refractivity contribution in [1.82, 2.24) is 4.98 Å². The van der Waals surface area contributed by atoms with Gasteiger partial charge in [0.25, 0.3) is 5.91 Å². The lowest BCUT2D eigenvalue weighted by Crippen LogP contribution is -2.12. The summed E-state index contributed by atoms with van der Waals surface area (Å²) in [4.78, 5) is 18.0. The van der Waals surface area contributed by atoms with Crippen molar-refractivity contribution in [3.8, 4) is 17.0 Å². The monoisotopic (exact) mass is 384 g/mol. The molecule has 0 radical (unpaired) electrons. The number of amides is 1. The second-order valence-corrected chi connectivity index (χ2v) is 7.27. The Morgan fingerprint density at radius 2 is 1.96 bits per heavy atom. The molecule has 6 heteroatoms. The molecule has 0 aliphatic rings. The van der Waals surface area contributed by atoms with Crippen molar-refractivity contribution in [2.45, 2.75) is 18.2 Å². The Hall–Kier alpha value is -2.31. The Morgan fingerprint density at radius 3 is 2.69 bits per heavy atom. The number of thiazole rings is 1. The van der Waals surface area contributed by atoms with E-state index in [2.05, 4.69) is 17.2 Å².